The van der Waals surface area contributed by atoms with Gasteiger partial charge in [0.15, 0.2) is 0 Å². The van der Waals surface area contributed by atoms with Gasteiger partial charge in [0, 0.05) is 18.0 Å². The van der Waals surface area contributed by atoms with Crippen LogP contribution in [0.25, 0.3) is 0 Å². The molecule has 0 atom stereocenters. The zero-order valence-corrected chi connectivity index (χ0v) is 11.7. The van der Waals surface area contributed by atoms with Crippen molar-refractivity contribution in [3.05, 3.63) is 51.2 Å². The lowest BCUT2D eigenvalue weighted by Gasteiger charge is -2.16. The normalized spacial score (nSPS) is 10.7. The summed E-state index contributed by atoms with van der Waals surface area (Å²) in [5.41, 5.74) is 3.92. The van der Waals surface area contributed by atoms with Crippen LogP contribution < -0.4 is 0 Å². The van der Waals surface area contributed by atoms with Crippen LogP contribution in [0, 0.1) is 24.1 Å². The van der Waals surface area contributed by atoms with Crippen LogP contribution in [0.4, 0.5) is 4.39 Å². The Hall–Kier alpha value is -1.77. The van der Waals surface area contributed by atoms with E-state index in [-0.39, 0.29) is 5.56 Å². The van der Waals surface area contributed by atoms with Gasteiger partial charge in [0.1, 0.15) is 11.9 Å². The topological polar surface area (TPSA) is 39.9 Å². The predicted octanol–water partition coefficient (Wildman–Crippen LogP) is 3.09. The summed E-state index contributed by atoms with van der Waals surface area (Å²) in [6.45, 7) is 3.47. The van der Waals surface area contributed by atoms with Gasteiger partial charge in [0.25, 0.3) is 0 Å². The lowest BCUT2D eigenvalue weighted by Crippen LogP contribution is -2.17. The first kappa shape index (κ1) is 13.7. The molecule has 0 aliphatic heterocycles. The van der Waals surface area contributed by atoms with E-state index in [2.05, 4.69) is 9.88 Å². The second-order valence-electron chi connectivity index (χ2n) is 4.46. The maximum atomic E-state index is 13.2. The van der Waals surface area contributed by atoms with Crippen LogP contribution in [0.2, 0.25) is 0 Å². The monoisotopic (exact) mass is 275 g/mol. The van der Waals surface area contributed by atoms with Gasteiger partial charge in [-0.05, 0) is 31.7 Å². The van der Waals surface area contributed by atoms with E-state index >= 15 is 0 Å². The lowest BCUT2D eigenvalue weighted by atomic mass is 10.1. The summed E-state index contributed by atoms with van der Waals surface area (Å²) in [6.07, 6.45) is 0. The molecule has 0 fully saturated rings. The Bertz CT molecular complexity index is 615. The quantitative estimate of drug-likeness (QED) is 0.860. The molecule has 0 aliphatic rings. The largest absolute Gasteiger partial charge is 0.297 e. The molecule has 0 bridgehead atoms. The second-order valence-corrected chi connectivity index (χ2v) is 5.40. The predicted molar refractivity (Wildman–Crippen MR) is 73.1 cm³/mol. The fourth-order valence-electron chi connectivity index (χ4n) is 1.85. The number of halogens is 1. The third-order valence-electron chi connectivity index (χ3n) is 2.86. The summed E-state index contributed by atoms with van der Waals surface area (Å²) in [5, 5.41) is 8.81. The highest BCUT2D eigenvalue weighted by Crippen LogP contribution is 2.16. The number of hydrogen-bond donors (Lipinski definition) is 0. The van der Waals surface area contributed by atoms with Crippen molar-refractivity contribution >= 4 is 11.3 Å². The second kappa shape index (κ2) is 5.91. The summed E-state index contributed by atoms with van der Waals surface area (Å²) >= 11 is 1.63. The van der Waals surface area contributed by atoms with E-state index in [0.717, 1.165) is 17.8 Å². The first-order chi connectivity index (χ1) is 9.10. The summed E-state index contributed by atoms with van der Waals surface area (Å²) in [4.78, 5) is 7.56. The molecule has 1 aromatic carbocycles. The van der Waals surface area contributed by atoms with E-state index in [1.165, 1.54) is 10.9 Å². The van der Waals surface area contributed by atoms with Crippen LogP contribution in [0.15, 0.2) is 23.7 Å². The van der Waals surface area contributed by atoms with Crippen LogP contribution in [0.1, 0.15) is 21.7 Å². The molecule has 2 rings (SSSR count). The number of aromatic nitrogens is 1. The van der Waals surface area contributed by atoms with E-state index < -0.39 is 5.82 Å². The Labute approximate surface area is 115 Å². The molecular weight excluding hydrogens is 261 g/mol. The van der Waals surface area contributed by atoms with Gasteiger partial charge >= 0.3 is 0 Å². The van der Waals surface area contributed by atoms with E-state index in [0.29, 0.717) is 6.54 Å². The SMILES string of the molecule is Cc1ncsc1CN(C)Cc1ccc(F)c(C#N)c1. The first-order valence-electron chi connectivity index (χ1n) is 5.86. The number of nitriles is 1. The Morgan fingerprint density at radius 2 is 2.21 bits per heavy atom. The van der Waals surface area contributed by atoms with Crippen molar-refractivity contribution in [3.63, 3.8) is 0 Å². The Balaban J connectivity index is 2.05. The van der Waals surface area contributed by atoms with Crippen molar-refractivity contribution < 1.29 is 4.39 Å². The average Bonchev–Trinajstić information content (AvgIpc) is 2.77. The van der Waals surface area contributed by atoms with Crippen LogP contribution in [0.3, 0.4) is 0 Å². The zero-order valence-electron chi connectivity index (χ0n) is 10.9. The molecule has 0 amide bonds. The molecule has 5 heteroatoms. The Morgan fingerprint density at radius 3 is 2.84 bits per heavy atom. The Kier molecular flexibility index (Phi) is 4.25. The van der Waals surface area contributed by atoms with Gasteiger partial charge in [-0.2, -0.15) is 5.26 Å². The molecule has 19 heavy (non-hydrogen) atoms. The number of benzene rings is 1. The van der Waals surface area contributed by atoms with Gasteiger partial charge in [-0.3, -0.25) is 4.90 Å². The van der Waals surface area contributed by atoms with E-state index in [1.54, 1.807) is 23.5 Å². The van der Waals surface area contributed by atoms with Gasteiger partial charge in [0.05, 0.1) is 16.8 Å². The third kappa shape index (κ3) is 3.37. The van der Waals surface area contributed by atoms with Crippen molar-refractivity contribution in [1.82, 2.24) is 9.88 Å². The highest BCUT2D eigenvalue weighted by atomic mass is 32.1. The van der Waals surface area contributed by atoms with Gasteiger partial charge in [-0.15, -0.1) is 11.3 Å². The smallest absolute Gasteiger partial charge is 0.140 e. The number of thiazole rings is 1. The van der Waals surface area contributed by atoms with Crippen molar-refractivity contribution in [2.24, 2.45) is 0 Å². The molecule has 2 aromatic rings. The molecule has 1 aromatic heterocycles. The van der Waals surface area contributed by atoms with Crippen LogP contribution in [-0.4, -0.2) is 16.9 Å². The minimum Gasteiger partial charge on any atom is -0.297 e. The van der Waals surface area contributed by atoms with E-state index in [4.69, 9.17) is 5.26 Å². The highest BCUT2D eigenvalue weighted by molar-refractivity contribution is 7.09. The number of aryl methyl sites for hydroxylation is 1. The molecule has 0 aliphatic carbocycles. The zero-order chi connectivity index (χ0) is 13.8. The maximum absolute atomic E-state index is 13.2. The summed E-state index contributed by atoms with van der Waals surface area (Å²) in [7, 11) is 1.99. The summed E-state index contributed by atoms with van der Waals surface area (Å²) < 4.78 is 13.2. The molecule has 0 saturated heterocycles. The van der Waals surface area contributed by atoms with Crippen molar-refractivity contribution in [1.29, 1.82) is 5.26 Å². The standard InChI is InChI=1S/C14H14FN3S/c1-10-14(19-9-17-10)8-18(2)7-11-3-4-13(15)12(5-11)6-16/h3-5,9H,7-8H2,1-2H3. The average molecular weight is 275 g/mol. The summed E-state index contributed by atoms with van der Waals surface area (Å²) in [5.74, 6) is -0.466. The molecule has 0 N–H and O–H groups in total. The number of rotatable bonds is 4. The third-order valence-corrected chi connectivity index (χ3v) is 3.78. The Morgan fingerprint density at radius 1 is 1.42 bits per heavy atom. The van der Waals surface area contributed by atoms with Gasteiger partial charge in [-0.25, -0.2) is 9.37 Å². The highest BCUT2D eigenvalue weighted by Gasteiger charge is 2.08. The fraction of sp³-hybridized carbons (Fsp3) is 0.286. The number of hydrogen-bond acceptors (Lipinski definition) is 4. The number of nitrogens with zero attached hydrogens (tertiary/aromatic N) is 3. The molecule has 3 nitrogen and oxygen atoms in total. The molecular formula is C14H14FN3S. The molecule has 98 valence electrons. The molecule has 0 radical (unpaired) electrons. The lowest BCUT2D eigenvalue weighted by molar-refractivity contribution is 0.321. The van der Waals surface area contributed by atoms with Crippen LogP contribution in [0.5, 0.6) is 0 Å². The molecule has 0 spiro atoms. The fourth-order valence-corrected chi connectivity index (χ4v) is 2.70. The van der Waals surface area contributed by atoms with Crippen LogP contribution >= 0.6 is 11.3 Å². The molecule has 0 unspecified atom stereocenters. The van der Waals surface area contributed by atoms with E-state index in [9.17, 15) is 4.39 Å². The minimum atomic E-state index is -0.466. The minimum absolute atomic E-state index is 0.0971. The van der Waals surface area contributed by atoms with Gasteiger partial charge in [-0.1, -0.05) is 6.07 Å². The first-order valence-corrected chi connectivity index (χ1v) is 6.74. The van der Waals surface area contributed by atoms with Crippen molar-refractivity contribution in [2.75, 3.05) is 7.05 Å². The van der Waals surface area contributed by atoms with E-state index in [1.807, 2.05) is 25.6 Å². The van der Waals surface area contributed by atoms with Crippen molar-refractivity contribution in [2.45, 2.75) is 20.0 Å². The summed E-state index contributed by atoms with van der Waals surface area (Å²) in [6, 6.07) is 6.53. The van der Waals surface area contributed by atoms with Crippen molar-refractivity contribution in [3.8, 4) is 6.07 Å². The van der Waals surface area contributed by atoms with Crippen LogP contribution in [-0.2, 0) is 13.1 Å². The molecule has 1 heterocycles. The van der Waals surface area contributed by atoms with Gasteiger partial charge < -0.3 is 0 Å². The molecule has 0 saturated carbocycles. The van der Waals surface area contributed by atoms with Gasteiger partial charge in [0.2, 0.25) is 0 Å². The maximum Gasteiger partial charge on any atom is 0.140 e.